The van der Waals surface area contributed by atoms with Crippen LogP contribution in [-0.4, -0.2) is 44.4 Å². The molecule has 1 aliphatic carbocycles. The van der Waals surface area contributed by atoms with Crippen LogP contribution in [0.4, 0.5) is 10.3 Å². The van der Waals surface area contributed by atoms with Crippen LogP contribution in [-0.2, 0) is 13.6 Å². The molecule has 2 aromatic heterocycles. The number of aryl methyl sites for hydroxylation is 1. The van der Waals surface area contributed by atoms with E-state index in [0.717, 1.165) is 63.3 Å². The lowest BCUT2D eigenvalue weighted by atomic mass is 10.1. The lowest BCUT2D eigenvalue weighted by Crippen LogP contribution is -2.41. The van der Waals surface area contributed by atoms with Gasteiger partial charge in [-0.05, 0) is 42.9 Å². The molecule has 33 heavy (non-hydrogen) atoms. The molecular formula is C24H29FN6O2. The SMILES string of the molecule is Cn1c(=O)n(C2CCCC2)c(=O)c2c1nc(N1CCC3CNCC31)n2Cc1ccc(F)cc1. The summed E-state index contributed by atoms with van der Waals surface area (Å²) in [7, 11) is 1.71. The molecule has 0 radical (unpaired) electrons. The highest BCUT2D eigenvalue weighted by Gasteiger charge is 2.40. The van der Waals surface area contributed by atoms with E-state index in [9.17, 15) is 14.0 Å². The van der Waals surface area contributed by atoms with Gasteiger partial charge in [-0.3, -0.25) is 18.5 Å². The lowest BCUT2D eigenvalue weighted by molar-refractivity contribution is 0.469. The van der Waals surface area contributed by atoms with Crippen molar-refractivity contribution < 1.29 is 4.39 Å². The maximum absolute atomic E-state index is 13.8. The van der Waals surface area contributed by atoms with E-state index < -0.39 is 0 Å². The molecule has 3 fully saturated rings. The average molecular weight is 453 g/mol. The number of hydrogen-bond acceptors (Lipinski definition) is 5. The number of hydrogen-bond donors (Lipinski definition) is 1. The summed E-state index contributed by atoms with van der Waals surface area (Å²) < 4.78 is 18.5. The summed E-state index contributed by atoms with van der Waals surface area (Å²) in [5, 5.41) is 3.47. The van der Waals surface area contributed by atoms with Gasteiger partial charge in [0.1, 0.15) is 5.82 Å². The third-order valence-corrected chi connectivity index (χ3v) is 7.81. The average Bonchev–Trinajstić information content (AvgIpc) is 3.58. The van der Waals surface area contributed by atoms with Crippen LogP contribution in [0.2, 0.25) is 0 Å². The number of aromatic nitrogens is 4. The van der Waals surface area contributed by atoms with Crippen molar-refractivity contribution in [2.24, 2.45) is 13.0 Å². The minimum Gasteiger partial charge on any atom is -0.338 e. The Kier molecular flexibility index (Phi) is 4.90. The van der Waals surface area contributed by atoms with Gasteiger partial charge in [0.15, 0.2) is 11.2 Å². The van der Waals surface area contributed by atoms with E-state index in [2.05, 4.69) is 10.2 Å². The summed E-state index contributed by atoms with van der Waals surface area (Å²) in [6, 6.07) is 6.62. The Morgan fingerprint density at radius 1 is 1.09 bits per heavy atom. The quantitative estimate of drug-likeness (QED) is 0.655. The molecule has 1 N–H and O–H groups in total. The predicted molar refractivity (Wildman–Crippen MR) is 124 cm³/mol. The largest absolute Gasteiger partial charge is 0.338 e. The fraction of sp³-hybridized carbons (Fsp3) is 0.542. The van der Waals surface area contributed by atoms with Crippen molar-refractivity contribution in [3.63, 3.8) is 0 Å². The first-order valence-corrected chi connectivity index (χ1v) is 12.0. The molecule has 0 spiro atoms. The number of rotatable bonds is 4. The lowest BCUT2D eigenvalue weighted by Gasteiger charge is -2.25. The fourth-order valence-electron chi connectivity index (χ4n) is 6.05. The van der Waals surface area contributed by atoms with Gasteiger partial charge in [-0.25, -0.2) is 9.18 Å². The molecule has 8 nitrogen and oxygen atoms in total. The minimum atomic E-state index is -0.292. The Balaban J connectivity index is 1.58. The Morgan fingerprint density at radius 3 is 2.61 bits per heavy atom. The number of anilines is 1. The smallest absolute Gasteiger partial charge is 0.332 e. The van der Waals surface area contributed by atoms with Gasteiger partial charge in [-0.2, -0.15) is 4.98 Å². The molecule has 0 amide bonds. The molecule has 1 aromatic carbocycles. The molecular weight excluding hydrogens is 423 g/mol. The molecule has 2 aliphatic heterocycles. The zero-order chi connectivity index (χ0) is 22.7. The fourth-order valence-corrected chi connectivity index (χ4v) is 6.05. The van der Waals surface area contributed by atoms with E-state index in [4.69, 9.17) is 4.98 Å². The molecule has 4 heterocycles. The first-order chi connectivity index (χ1) is 16.0. The van der Waals surface area contributed by atoms with Crippen LogP contribution in [0, 0.1) is 11.7 Å². The Hall–Kier alpha value is -2.94. The highest BCUT2D eigenvalue weighted by Crippen LogP contribution is 2.34. The second-order valence-electron chi connectivity index (χ2n) is 9.72. The van der Waals surface area contributed by atoms with Gasteiger partial charge in [0.2, 0.25) is 5.95 Å². The maximum Gasteiger partial charge on any atom is 0.332 e. The van der Waals surface area contributed by atoms with Crippen molar-refractivity contribution >= 4 is 17.1 Å². The van der Waals surface area contributed by atoms with Gasteiger partial charge in [-0.1, -0.05) is 25.0 Å². The van der Waals surface area contributed by atoms with Gasteiger partial charge < -0.3 is 10.2 Å². The van der Waals surface area contributed by atoms with Crippen LogP contribution in [0.5, 0.6) is 0 Å². The second-order valence-corrected chi connectivity index (χ2v) is 9.72. The maximum atomic E-state index is 13.8. The number of fused-ring (bicyclic) bond motifs is 2. The Morgan fingerprint density at radius 2 is 1.85 bits per heavy atom. The third-order valence-electron chi connectivity index (χ3n) is 7.81. The predicted octanol–water partition coefficient (Wildman–Crippen LogP) is 2.00. The summed E-state index contributed by atoms with van der Waals surface area (Å²) in [5.41, 5.74) is 1.21. The molecule has 1 saturated carbocycles. The van der Waals surface area contributed by atoms with Crippen LogP contribution < -0.4 is 21.5 Å². The molecule has 0 bridgehead atoms. The number of benzene rings is 1. The zero-order valence-electron chi connectivity index (χ0n) is 18.8. The van der Waals surface area contributed by atoms with Crippen LogP contribution in [0.25, 0.3) is 11.2 Å². The Bertz CT molecular complexity index is 1320. The van der Waals surface area contributed by atoms with Crippen LogP contribution >= 0.6 is 0 Å². The van der Waals surface area contributed by atoms with Gasteiger partial charge in [0.05, 0.1) is 6.54 Å². The highest BCUT2D eigenvalue weighted by molar-refractivity contribution is 5.75. The van der Waals surface area contributed by atoms with E-state index in [-0.39, 0.29) is 23.1 Å². The van der Waals surface area contributed by atoms with Crippen molar-refractivity contribution in [1.29, 1.82) is 0 Å². The van der Waals surface area contributed by atoms with Gasteiger partial charge in [0.25, 0.3) is 5.56 Å². The highest BCUT2D eigenvalue weighted by atomic mass is 19.1. The zero-order valence-corrected chi connectivity index (χ0v) is 18.8. The number of nitrogens with one attached hydrogen (secondary N) is 1. The summed E-state index contributed by atoms with van der Waals surface area (Å²) in [6.45, 7) is 3.14. The molecule has 2 saturated heterocycles. The number of halogens is 1. The Labute approximate surface area is 190 Å². The summed E-state index contributed by atoms with van der Waals surface area (Å²) in [4.78, 5) is 34.2. The topological polar surface area (TPSA) is 77.1 Å². The summed E-state index contributed by atoms with van der Waals surface area (Å²) >= 11 is 0. The minimum absolute atomic E-state index is 0.0616. The molecule has 3 aliphatic rings. The van der Waals surface area contributed by atoms with Gasteiger partial charge in [0, 0.05) is 38.8 Å². The molecule has 3 aromatic rings. The van der Waals surface area contributed by atoms with Crippen molar-refractivity contribution in [2.75, 3.05) is 24.5 Å². The molecule has 2 unspecified atom stereocenters. The van der Waals surface area contributed by atoms with Gasteiger partial charge >= 0.3 is 5.69 Å². The standard InChI is InChI=1S/C24H29FN6O2/c1-28-21-20(22(32)31(24(28)33)18-4-2-3-5-18)30(14-15-6-8-17(25)9-7-15)23(27-21)29-11-10-16-12-26-13-19(16)29/h6-9,16,18-19,26H,2-5,10-14H2,1H3. The summed E-state index contributed by atoms with van der Waals surface area (Å²) in [6.07, 6.45) is 4.83. The van der Waals surface area contributed by atoms with Crippen molar-refractivity contribution in [3.8, 4) is 0 Å². The molecule has 2 atom stereocenters. The molecule has 6 rings (SSSR count). The van der Waals surface area contributed by atoms with Crippen molar-refractivity contribution in [1.82, 2.24) is 24.0 Å². The van der Waals surface area contributed by atoms with Crippen LogP contribution in [0.1, 0.15) is 43.7 Å². The van der Waals surface area contributed by atoms with Crippen LogP contribution in [0.15, 0.2) is 33.9 Å². The van der Waals surface area contributed by atoms with E-state index in [1.165, 1.54) is 21.3 Å². The first-order valence-electron chi connectivity index (χ1n) is 12.0. The van der Waals surface area contributed by atoms with Crippen LogP contribution in [0.3, 0.4) is 0 Å². The second kappa shape index (κ2) is 7.83. The number of imidazole rings is 1. The normalized spacial score (nSPS) is 23.2. The first kappa shape index (κ1) is 20.7. The van der Waals surface area contributed by atoms with Gasteiger partial charge in [-0.15, -0.1) is 0 Å². The number of nitrogens with zero attached hydrogens (tertiary/aromatic N) is 5. The van der Waals surface area contributed by atoms with E-state index in [1.807, 2.05) is 4.57 Å². The monoisotopic (exact) mass is 452 g/mol. The molecule has 174 valence electrons. The summed E-state index contributed by atoms with van der Waals surface area (Å²) in [5.74, 6) is 0.990. The third kappa shape index (κ3) is 3.24. The van der Waals surface area contributed by atoms with E-state index in [1.54, 1.807) is 19.2 Å². The van der Waals surface area contributed by atoms with E-state index >= 15 is 0 Å². The van der Waals surface area contributed by atoms with E-state index in [0.29, 0.717) is 29.7 Å². The van der Waals surface area contributed by atoms with Crippen molar-refractivity contribution in [2.45, 2.75) is 50.7 Å². The molecule has 9 heteroatoms. The van der Waals surface area contributed by atoms with Crippen molar-refractivity contribution in [3.05, 3.63) is 56.5 Å².